The molecule has 0 unspecified atom stereocenters. The van der Waals surface area contributed by atoms with Gasteiger partial charge in [0.15, 0.2) is 5.88 Å². The highest BCUT2D eigenvalue weighted by atomic mass is 16.5. The van der Waals surface area contributed by atoms with E-state index < -0.39 is 17.5 Å². The maximum Gasteiger partial charge on any atom is 0.323 e. The number of nitrogens with zero attached hydrogens (tertiary/aromatic N) is 2. The lowest BCUT2D eigenvalue weighted by Gasteiger charge is -2.20. The number of amides is 3. The van der Waals surface area contributed by atoms with Crippen molar-refractivity contribution in [3.8, 4) is 29.5 Å². The van der Waals surface area contributed by atoms with Crippen LogP contribution >= 0.6 is 0 Å². The molecule has 3 amide bonds. The van der Waals surface area contributed by atoms with Gasteiger partial charge in [-0.15, -0.1) is 0 Å². The van der Waals surface area contributed by atoms with Crippen LogP contribution in [-0.4, -0.2) is 34.3 Å². The Hall–Kier alpha value is -4.43. The Labute approximate surface area is 171 Å². The average Bonchev–Trinajstić information content (AvgIpc) is 3.21. The molecule has 0 aliphatic carbocycles. The maximum absolute atomic E-state index is 12.6. The first-order valence-corrected chi connectivity index (χ1v) is 8.97. The summed E-state index contributed by atoms with van der Waals surface area (Å²) >= 11 is 0. The van der Waals surface area contributed by atoms with Crippen LogP contribution in [0.4, 0.5) is 4.79 Å². The molecule has 1 saturated heterocycles. The van der Waals surface area contributed by atoms with Crippen LogP contribution in [-0.2, 0) is 11.3 Å². The second-order valence-corrected chi connectivity index (χ2v) is 6.75. The SMILES string of the molecule is COc1ccc2cn(C[C@@]3(C#Cc4ccccc4C#N)NC(=O)NC3=O)c(O)c2c1. The smallest absolute Gasteiger partial charge is 0.323 e. The van der Waals surface area contributed by atoms with Crippen LogP contribution < -0.4 is 15.4 Å². The van der Waals surface area contributed by atoms with Crippen LogP contribution in [0.1, 0.15) is 11.1 Å². The number of methoxy groups -OCH3 is 1. The van der Waals surface area contributed by atoms with E-state index in [-0.39, 0.29) is 12.4 Å². The second kappa shape index (κ2) is 7.19. The minimum Gasteiger partial charge on any atom is -0.497 e. The molecule has 0 spiro atoms. The Kier molecular flexibility index (Phi) is 4.53. The third kappa shape index (κ3) is 3.17. The van der Waals surface area contributed by atoms with Crippen molar-refractivity contribution in [2.75, 3.05) is 7.11 Å². The molecule has 1 aliphatic heterocycles. The summed E-state index contributed by atoms with van der Waals surface area (Å²) in [6.07, 6.45) is 1.66. The Morgan fingerprint density at radius 3 is 2.63 bits per heavy atom. The van der Waals surface area contributed by atoms with Gasteiger partial charge in [-0.1, -0.05) is 24.0 Å². The number of nitrogens with one attached hydrogen (secondary N) is 2. The number of rotatable bonds is 3. The van der Waals surface area contributed by atoms with Gasteiger partial charge in [0, 0.05) is 22.5 Å². The van der Waals surface area contributed by atoms with Crippen molar-refractivity contribution in [3.05, 3.63) is 59.8 Å². The largest absolute Gasteiger partial charge is 0.497 e. The van der Waals surface area contributed by atoms with Gasteiger partial charge >= 0.3 is 6.03 Å². The van der Waals surface area contributed by atoms with Gasteiger partial charge in [0.1, 0.15) is 11.8 Å². The highest BCUT2D eigenvalue weighted by Gasteiger charge is 2.46. The van der Waals surface area contributed by atoms with Crippen molar-refractivity contribution in [2.45, 2.75) is 12.1 Å². The lowest BCUT2D eigenvalue weighted by Crippen LogP contribution is -2.49. The van der Waals surface area contributed by atoms with Crippen molar-refractivity contribution in [1.82, 2.24) is 15.2 Å². The van der Waals surface area contributed by atoms with Crippen LogP contribution in [0.25, 0.3) is 10.8 Å². The summed E-state index contributed by atoms with van der Waals surface area (Å²) in [7, 11) is 1.53. The number of hydrogen-bond donors (Lipinski definition) is 3. The van der Waals surface area contributed by atoms with E-state index >= 15 is 0 Å². The number of urea groups is 1. The molecular weight excluding hydrogens is 384 g/mol. The topological polar surface area (TPSA) is 116 Å². The minimum atomic E-state index is -1.61. The molecule has 1 atom stereocenters. The number of carbonyl (C=O) groups excluding carboxylic acids is 2. The Morgan fingerprint density at radius 2 is 1.97 bits per heavy atom. The van der Waals surface area contributed by atoms with E-state index in [1.807, 2.05) is 6.07 Å². The summed E-state index contributed by atoms with van der Waals surface area (Å²) in [5.41, 5.74) is -0.831. The van der Waals surface area contributed by atoms with Gasteiger partial charge in [-0.05, 0) is 30.3 Å². The van der Waals surface area contributed by atoms with Crippen LogP contribution in [0.2, 0.25) is 0 Å². The highest BCUT2D eigenvalue weighted by molar-refractivity contribution is 6.09. The van der Waals surface area contributed by atoms with E-state index in [9.17, 15) is 20.0 Å². The third-order valence-corrected chi connectivity index (χ3v) is 4.88. The van der Waals surface area contributed by atoms with Gasteiger partial charge in [-0.2, -0.15) is 5.26 Å². The first-order chi connectivity index (χ1) is 14.5. The molecule has 1 aromatic heterocycles. The fourth-order valence-electron chi connectivity index (χ4n) is 3.32. The van der Waals surface area contributed by atoms with E-state index in [4.69, 9.17) is 4.74 Å². The molecule has 1 aliphatic rings. The monoisotopic (exact) mass is 400 g/mol. The number of carbonyl (C=O) groups is 2. The highest BCUT2D eigenvalue weighted by Crippen LogP contribution is 2.32. The van der Waals surface area contributed by atoms with Crippen molar-refractivity contribution in [1.29, 1.82) is 5.26 Å². The van der Waals surface area contributed by atoms with E-state index in [1.54, 1.807) is 48.7 Å². The van der Waals surface area contributed by atoms with Gasteiger partial charge in [0.05, 0.1) is 19.2 Å². The fourth-order valence-corrected chi connectivity index (χ4v) is 3.32. The van der Waals surface area contributed by atoms with E-state index in [0.717, 1.165) is 5.39 Å². The Morgan fingerprint density at radius 1 is 1.20 bits per heavy atom. The van der Waals surface area contributed by atoms with Gasteiger partial charge < -0.3 is 19.7 Å². The van der Waals surface area contributed by atoms with Crippen LogP contribution in [0.15, 0.2) is 48.7 Å². The first kappa shape index (κ1) is 18.9. The van der Waals surface area contributed by atoms with E-state index in [1.165, 1.54) is 11.7 Å². The van der Waals surface area contributed by atoms with Crippen molar-refractivity contribution < 1.29 is 19.4 Å². The normalized spacial score (nSPS) is 17.6. The zero-order valence-corrected chi connectivity index (χ0v) is 15.9. The molecule has 1 fully saturated rings. The number of aromatic nitrogens is 1. The van der Waals surface area contributed by atoms with E-state index in [2.05, 4.69) is 22.5 Å². The van der Waals surface area contributed by atoms with Crippen molar-refractivity contribution >= 4 is 22.7 Å². The molecule has 148 valence electrons. The Balaban J connectivity index is 1.79. The number of benzene rings is 2. The van der Waals surface area contributed by atoms with Crippen LogP contribution in [0, 0.1) is 23.2 Å². The number of nitriles is 1. The number of aromatic hydroxyl groups is 1. The summed E-state index contributed by atoms with van der Waals surface area (Å²) < 4.78 is 6.63. The van der Waals surface area contributed by atoms with Crippen LogP contribution in [0.5, 0.6) is 11.6 Å². The molecule has 0 bridgehead atoms. The van der Waals surface area contributed by atoms with Crippen LogP contribution in [0.3, 0.4) is 0 Å². The van der Waals surface area contributed by atoms with Gasteiger partial charge in [-0.3, -0.25) is 10.1 Å². The average molecular weight is 400 g/mol. The van der Waals surface area contributed by atoms with Crippen molar-refractivity contribution in [2.24, 2.45) is 0 Å². The third-order valence-electron chi connectivity index (χ3n) is 4.88. The molecule has 0 saturated carbocycles. The molecular formula is C22H16N4O4. The van der Waals surface area contributed by atoms with Gasteiger partial charge in [-0.25, -0.2) is 4.79 Å². The summed E-state index contributed by atoms with van der Waals surface area (Å²) in [6, 6.07) is 13.3. The minimum absolute atomic E-state index is 0.0866. The predicted octanol–water partition coefficient (Wildman–Crippen LogP) is 1.86. The number of ether oxygens (including phenoxy) is 1. The lowest BCUT2D eigenvalue weighted by molar-refractivity contribution is -0.122. The summed E-state index contributed by atoms with van der Waals surface area (Å²) in [5.74, 6) is 5.49. The second-order valence-electron chi connectivity index (χ2n) is 6.75. The molecule has 3 aromatic rings. The number of fused-ring (bicyclic) bond motifs is 1. The summed E-state index contributed by atoms with van der Waals surface area (Å²) in [6.45, 7) is -0.130. The molecule has 2 aromatic carbocycles. The standard InChI is InChI=1S/C22H16N4O4/c1-30-17-7-6-16-12-26(19(27)18(16)10-17)13-22(20(28)24-21(29)25-22)9-8-14-4-2-3-5-15(14)11-23/h2-7,10,12,27H,13H2,1H3,(H2,24,25,28,29)/t22-/m1/s1. The first-order valence-electron chi connectivity index (χ1n) is 8.97. The molecule has 8 heteroatoms. The molecule has 2 heterocycles. The Bertz CT molecular complexity index is 1290. The van der Waals surface area contributed by atoms with E-state index in [0.29, 0.717) is 22.3 Å². The summed E-state index contributed by atoms with van der Waals surface area (Å²) in [4.78, 5) is 24.5. The zero-order chi connectivity index (χ0) is 21.3. The maximum atomic E-state index is 12.6. The van der Waals surface area contributed by atoms with Crippen molar-refractivity contribution in [3.63, 3.8) is 0 Å². The molecule has 4 rings (SSSR count). The number of imide groups is 1. The molecule has 8 nitrogen and oxygen atoms in total. The van der Waals surface area contributed by atoms with Gasteiger partial charge in [0.2, 0.25) is 5.54 Å². The zero-order valence-electron chi connectivity index (χ0n) is 15.9. The lowest BCUT2D eigenvalue weighted by atomic mass is 9.99. The quantitative estimate of drug-likeness (QED) is 0.458. The molecule has 3 N–H and O–H groups in total. The molecule has 30 heavy (non-hydrogen) atoms. The van der Waals surface area contributed by atoms with Gasteiger partial charge in [0.25, 0.3) is 5.91 Å². The number of hydrogen-bond acceptors (Lipinski definition) is 5. The summed E-state index contributed by atoms with van der Waals surface area (Å²) in [5, 5.41) is 25.9. The molecule has 0 radical (unpaired) electrons. The fraction of sp³-hybridized carbons (Fsp3) is 0.136. The predicted molar refractivity (Wildman–Crippen MR) is 108 cm³/mol.